The van der Waals surface area contributed by atoms with Crippen molar-refractivity contribution >= 4 is 5.65 Å². The number of methoxy groups -OCH3 is 1. The second-order valence-electron chi connectivity index (χ2n) is 8.46. The maximum atomic E-state index is 13.4. The van der Waals surface area contributed by atoms with Crippen LogP contribution in [0, 0.1) is 11.8 Å². The molecule has 4 atom stereocenters. The van der Waals surface area contributed by atoms with Gasteiger partial charge >= 0.3 is 6.18 Å². The quantitative estimate of drug-likeness (QED) is 0.678. The first-order valence-electron chi connectivity index (χ1n) is 10.3. The normalized spacial score (nSPS) is 25.1. The summed E-state index contributed by atoms with van der Waals surface area (Å²) < 4.78 is 47.3. The standard InChI is InChI=1S/C22H23F3N4O2/c1-31-16-6-7-19-26-27-20(29(19)12-16)21(30)28-10-14-8-13(9-15(14)11-28)17-4-2-3-5-18(17)22(23,24)25/h2-7,12-15,21,30H,8-11H2,1H3/t13?,14-,15+,21?. The van der Waals surface area contributed by atoms with Gasteiger partial charge in [-0.3, -0.25) is 9.30 Å². The van der Waals surface area contributed by atoms with Gasteiger partial charge in [-0.05, 0) is 54.4 Å². The number of benzene rings is 1. The van der Waals surface area contributed by atoms with Crippen LogP contribution in [0.25, 0.3) is 5.65 Å². The molecular weight excluding hydrogens is 409 g/mol. The topological polar surface area (TPSA) is 62.9 Å². The highest BCUT2D eigenvalue weighted by atomic mass is 19.4. The highest BCUT2D eigenvalue weighted by Crippen LogP contribution is 2.49. The first-order valence-corrected chi connectivity index (χ1v) is 10.3. The van der Waals surface area contributed by atoms with Gasteiger partial charge in [-0.2, -0.15) is 13.2 Å². The van der Waals surface area contributed by atoms with Crippen LogP contribution in [0.15, 0.2) is 42.6 Å². The molecule has 3 aromatic rings. The van der Waals surface area contributed by atoms with Crippen LogP contribution in [0.1, 0.15) is 41.9 Å². The lowest BCUT2D eigenvalue weighted by molar-refractivity contribution is -0.138. The third-order valence-electron chi connectivity index (χ3n) is 6.70. The molecule has 2 aromatic heterocycles. The van der Waals surface area contributed by atoms with Crippen molar-refractivity contribution in [1.29, 1.82) is 0 Å². The van der Waals surface area contributed by atoms with Crippen LogP contribution in [0.5, 0.6) is 5.75 Å². The molecule has 6 nitrogen and oxygen atoms in total. The number of hydrogen-bond donors (Lipinski definition) is 1. The Morgan fingerprint density at radius 3 is 2.45 bits per heavy atom. The molecule has 1 saturated carbocycles. The molecule has 1 saturated heterocycles. The summed E-state index contributed by atoms with van der Waals surface area (Å²) in [7, 11) is 1.57. The van der Waals surface area contributed by atoms with E-state index in [4.69, 9.17) is 4.74 Å². The summed E-state index contributed by atoms with van der Waals surface area (Å²) in [5.74, 6) is 1.42. The van der Waals surface area contributed by atoms with Crippen molar-refractivity contribution < 1.29 is 23.0 Å². The van der Waals surface area contributed by atoms with E-state index >= 15 is 0 Å². The Kier molecular flexibility index (Phi) is 4.90. The molecular formula is C22H23F3N4O2. The number of ether oxygens (including phenoxy) is 1. The van der Waals surface area contributed by atoms with E-state index in [1.165, 1.54) is 12.1 Å². The molecule has 0 bridgehead atoms. The van der Waals surface area contributed by atoms with Gasteiger partial charge in [-0.25, -0.2) is 0 Å². The molecule has 1 N–H and O–H groups in total. The van der Waals surface area contributed by atoms with Crippen molar-refractivity contribution in [3.8, 4) is 5.75 Å². The number of alkyl halides is 3. The summed E-state index contributed by atoms with van der Waals surface area (Å²) in [5.41, 5.74) is 0.478. The minimum absolute atomic E-state index is 0.106. The van der Waals surface area contributed by atoms with E-state index < -0.39 is 18.0 Å². The largest absolute Gasteiger partial charge is 0.495 e. The number of halogens is 3. The van der Waals surface area contributed by atoms with E-state index in [2.05, 4.69) is 10.2 Å². The van der Waals surface area contributed by atoms with Gasteiger partial charge < -0.3 is 9.84 Å². The minimum atomic E-state index is -4.34. The lowest BCUT2D eigenvalue weighted by Crippen LogP contribution is -2.29. The van der Waals surface area contributed by atoms with Crippen LogP contribution in [0.2, 0.25) is 0 Å². The van der Waals surface area contributed by atoms with Crippen molar-refractivity contribution in [3.05, 3.63) is 59.5 Å². The van der Waals surface area contributed by atoms with Crippen LogP contribution < -0.4 is 4.74 Å². The molecule has 0 radical (unpaired) electrons. The predicted octanol–water partition coefficient (Wildman–Crippen LogP) is 3.87. The molecule has 0 spiro atoms. The molecule has 9 heteroatoms. The van der Waals surface area contributed by atoms with Gasteiger partial charge in [0.1, 0.15) is 5.75 Å². The smallest absolute Gasteiger partial charge is 0.416 e. The van der Waals surface area contributed by atoms with Crippen molar-refractivity contribution in [2.24, 2.45) is 11.8 Å². The SMILES string of the molecule is COc1ccc2nnc(C(O)N3C[C@H]4CC(c5ccccc5C(F)(F)F)C[C@H]4C3)n2c1. The summed E-state index contributed by atoms with van der Waals surface area (Å²) in [6.45, 7) is 1.24. The zero-order valence-corrected chi connectivity index (χ0v) is 17.0. The molecule has 1 aliphatic carbocycles. The number of aliphatic hydroxyl groups is 1. The Morgan fingerprint density at radius 2 is 1.77 bits per heavy atom. The van der Waals surface area contributed by atoms with Crippen molar-refractivity contribution in [3.63, 3.8) is 0 Å². The lowest BCUT2D eigenvalue weighted by Gasteiger charge is -2.24. The number of likely N-dealkylation sites (tertiary alicyclic amines) is 1. The number of aromatic nitrogens is 3. The molecule has 31 heavy (non-hydrogen) atoms. The fourth-order valence-corrected chi connectivity index (χ4v) is 5.25. The zero-order chi connectivity index (χ0) is 21.8. The second kappa shape index (κ2) is 7.49. The monoisotopic (exact) mass is 432 g/mol. The van der Waals surface area contributed by atoms with E-state index in [-0.39, 0.29) is 17.8 Å². The van der Waals surface area contributed by atoms with Crippen LogP contribution in [-0.4, -0.2) is 44.8 Å². The number of aliphatic hydroxyl groups excluding tert-OH is 1. The summed E-state index contributed by atoms with van der Waals surface area (Å²) in [6, 6.07) is 9.45. The molecule has 5 rings (SSSR count). The fourth-order valence-electron chi connectivity index (χ4n) is 5.25. The molecule has 0 amide bonds. The van der Waals surface area contributed by atoms with E-state index in [1.807, 2.05) is 4.90 Å². The third-order valence-corrected chi connectivity index (χ3v) is 6.70. The van der Waals surface area contributed by atoms with Crippen molar-refractivity contribution in [2.45, 2.75) is 31.2 Å². The van der Waals surface area contributed by atoms with Gasteiger partial charge in [-0.15, -0.1) is 10.2 Å². The molecule has 1 aromatic carbocycles. The number of pyridine rings is 1. The van der Waals surface area contributed by atoms with Crippen LogP contribution >= 0.6 is 0 Å². The summed E-state index contributed by atoms with van der Waals surface area (Å²) in [6.07, 6.45) is -2.17. The van der Waals surface area contributed by atoms with Crippen LogP contribution in [0.3, 0.4) is 0 Å². The first-order chi connectivity index (χ1) is 14.8. The summed E-state index contributed by atoms with van der Waals surface area (Å²) in [4.78, 5) is 1.94. The predicted molar refractivity (Wildman–Crippen MR) is 106 cm³/mol. The van der Waals surface area contributed by atoms with E-state index in [0.29, 0.717) is 48.7 Å². The molecule has 164 valence electrons. The summed E-state index contributed by atoms with van der Waals surface area (Å²) >= 11 is 0. The number of fused-ring (bicyclic) bond motifs is 2. The maximum absolute atomic E-state index is 13.4. The minimum Gasteiger partial charge on any atom is -0.495 e. The highest BCUT2D eigenvalue weighted by Gasteiger charge is 2.45. The Balaban J connectivity index is 1.32. The third kappa shape index (κ3) is 3.55. The molecule has 1 aliphatic heterocycles. The average Bonchev–Trinajstić information content (AvgIpc) is 3.45. The maximum Gasteiger partial charge on any atom is 0.416 e. The van der Waals surface area contributed by atoms with Gasteiger partial charge in [0.05, 0.1) is 18.9 Å². The van der Waals surface area contributed by atoms with Gasteiger partial charge in [0.25, 0.3) is 0 Å². The molecule has 2 aliphatic rings. The van der Waals surface area contributed by atoms with Crippen LogP contribution in [-0.2, 0) is 6.18 Å². The average molecular weight is 432 g/mol. The Bertz CT molecular complexity index is 1090. The van der Waals surface area contributed by atoms with Crippen LogP contribution in [0.4, 0.5) is 13.2 Å². The number of rotatable bonds is 4. The van der Waals surface area contributed by atoms with Gasteiger partial charge in [-0.1, -0.05) is 18.2 Å². The Morgan fingerprint density at radius 1 is 1.06 bits per heavy atom. The van der Waals surface area contributed by atoms with E-state index in [1.54, 1.807) is 42.0 Å². The van der Waals surface area contributed by atoms with E-state index in [9.17, 15) is 18.3 Å². The van der Waals surface area contributed by atoms with Crippen molar-refractivity contribution in [1.82, 2.24) is 19.5 Å². The fraction of sp³-hybridized carbons (Fsp3) is 0.455. The van der Waals surface area contributed by atoms with Gasteiger partial charge in [0.15, 0.2) is 17.7 Å². The summed E-state index contributed by atoms with van der Waals surface area (Å²) in [5, 5.41) is 19.2. The lowest BCUT2D eigenvalue weighted by atomic mass is 9.91. The second-order valence-corrected chi connectivity index (χ2v) is 8.46. The zero-order valence-electron chi connectivity index (χ0n) is 17.0. The van der Waals surface area contributed by atoms with Gasteiger partial charge in [0, 0.05) is 13.1 Å². The van der Waals surface area contributed by atoms with Gasteiger partial charge in [0.2, 0.25) is 0 Å². The number of hydrogen-bond acceptors (Lipinski definition) is 5. The molecule has 2 fully saturated rings. The molecule has 3 heterocycles. The number of nitrogens with zero attached hydrogens (tertiary/aromatic N) is 4. The Labute approximate surface area is 177 Å². The highest BCUT2D eigenvalue weighted by molar-refractivity contribution is 5.41. The first kappa shape index (κ1) is 20.3. The van der Waals surface area contributed by atoms with Crippen molar-refractivity contribution in [2.75, 3.05) is 20.2 Å². The molecule has 2 unspecified atom stereocenters. The van der Waals surface area contributed by atoms with E-state index in [0.717, 1.165) is 0 Å². The Hall–Kier alpha value is -2.65.